The first kappa shape index (κ1) is 15.1. The molecule has 6 heteroatoms. The van der Waals surface area contributed by atoms with Crippen LogP contribution in [0.2, 0.25) is 0 Å². The van der Waals surface area contributed by atoms with E-state index in [0.717, 1.165) is 17.1 Å². The highest BCUT2D eigenvalue weighted by Crippen LogP contribution is 2.22. The molecule has 0 spiro atoms. The van der Waals surface area contributed by atoms with Crippen molar-refractivity contribution in [2.45, 2.75) is 6.04 Å². The highest BCUT2D eigenvalue weighted by Gasteiger charge is 2.20. The lowest BCUT2D eigenvalue weighted by molar-refractivity contribution is -0.125. The fraction of sp³-hybridized carbons (Fsp3) is 0.333. The first-order chi connectivity index (χ1) is 10.2. The number of hydrogen-bond acceptors (Lipinski definition) is 4. The van der Waals surface area contributed by atoms with Gasteiger partial charge in [-0.1, -0.05) is 12.1 Å². The SMILES string of the molecule is COCC(=O)NC(c1ccc(OC)cc1)c1nccn1C. The lowest BCUT2D eigenvalue weighted by Crippen LogP contribution is -2.33. The Morgan fingerprint density at radius 3 is 2.57 bits per heavy atom. The smallest absolute Gasteiger partial charge is 0.246 e. The van der Waals surface area contributed by atoms with Crippen LogP contribution in [0.5, 0.6) is 5.75 Å². The van der Waals surface area contributed by atoms with Crippen molar-refractivity contribution in [1.82, 2.24) is 14.9 Å². The van der Waals surface area contributed by atoms with E-state index >= 15 is 0 Å². The number of aryl methyl sites for hydroxylation is 1. The molecule has 0 bridgehead atoms. The fourth-order valence-corrected chi connectivity index (χ4v) is 2.08. The minimum atomic E-state index is -0.335. The second-order valence-electron chi connectivity index (χ2n) is 4.60. The Morgan fingerprint density at radius 1 is 1.33 bits per heavy atom. The third kappa shape index (κ3) is 3.61. The van der Waals surface area contributed by atoms with Crippen molar-refractivity contribution in [2.75, 3.05) is 20.8 Å². The number of rotatable bonds is 6. The number of hydrogen-bond donors (Lipinski definition) is 1. The van der Waals surface area contributed by atoms with Crippen LogP contribution in [0.4, 0.5) is 0 Å². The van der Waals surface area contributed by atoms with Gasteiger partial charge in [-0.3, -0.25) is 4.79 Å². The Morgan fingerprint density at radius 2 is 2.05 bits per heavy atom. The molecule has 21 heavy (non-hydrogen) atoms. The third-order valence-corrected chi connectivity index (χ3v) is 3.15. The summed E-state index contributed by atoms with van der Waals surface area (Å²) < 4.78 is 11.9. The van der Waals surface area contributed by atoms with Gasteiger partial charge in [0.15, 0.2) is 0 Å². The molecule has 0 aliphatic rings. The number of imidazole rings is 1. The molecular formula is C15H19N3O3. The minimum Gasteiger partial charge on any atom is -0.497 e. The minimum absolute atomic E-state index is 0.0110. The molecule has 0 radical (unpaired) electrons. The lowest BCUT2D eigenvalue weighted by Gasteiger charge is -2.19. The van der Waals surface area contributed by atoms with Crippen molar-refractivity contribution in [3.8, 4) is 5.75 Å². The average molecular weight is 289 g/mol. The molecule has 0 saturated carbocycles. The summed E-state index contributed by atoms with van der Waals surface area (Å²) in [6.45, 7) is 0.0110. The molecule has 1 amide bonds. The van der Waals surface area contributed by atoms with Crippen LogP contribution in [0, 0.1) is 0 Å². The van der Waals surface area contributed by atoms with Gasteiger partial charge in [-0.2, -0.15) is 0 Å². The Bertz CT molecular complexity index is 592. The Labute approximate surface area is 123 Å². The Balaban J connectivity index is 2.30. The highest BCUT2D eigenvalue weighted by molar-refractivity contribution is 5.78. The van der Waals surface area contributed by atoms with Crippen molar-refractivity contribution >= 4 is 5.91 Å². The molecule has 1 aromatic carbocycles. The van der Waals surface area contributed by atoms with Gasteiger partial charge in [0.2, 0.25) is 5.91 Å². The van der Waals surface area contributed by atoms with Gasteiger partial charge in [-0.25, -0.2) is 4.98 Å². The lowest BCUT2D eigenvalue weighted by atomic mass is 10.1. The normalized spacial score (nSPS) is 12.0. The van der Waals surface area contributed by atoms with Crippen molar-refractivity contribution in [2.24, 2.45) is 7.05 Å². The van der Waals surface area contributed by atoms with Crippen molar-refractivity contribution in [3.63, 3.8) is 0 Å². The molecule has 112 valence electrons. The van der Waals surface area contributed by atoms with Crippen LogP contribution in [0.1, 0.15) is 17.4 Å². The summed E-state index contributed by atoms with van der Waals surface area (Å²) in [5.41, 5.74) is 0.926. The zero-order valence-corrected chi connectivity index (χ0v) is 12.4. The predicted octanol–water partition coefficient (Wildman–Crippen LogP) is 1.28. The maximum atomic E-state index is 11.9. The van der Waals surface area contributed by atoms with E-state index in [1.54, 1.807) is 13.3 Å². The van der Waals surface area contributed by atoms with Gasteiger partial charge >= 0.3 is 0 Å². The van der Waals surface area contributed by atoms with E-state index in [0.29, 0.717) is 0 Å². The monoisotopic (exact) mass is 289 g/mol. The van der Waals surface area contributed by atoms with Gasteiger partial charge < -0.3 is 19.4 Å². The van der Waals surface area contributed by atoms with E-state index in [-0.39, 0.29) is 18.6 Å². The zero-order chi connectivity index (χ0) is 15.2. The molecule has 0 saturated heterocycles. The molecule has 1 atom stereocenters. The first-order valence-electron chi connectivity index (χ1n) is 6.55. The van der Waals surface area contributed by atoms with E-state index in [2.05, 4.69) is 10.3 Å². The largest absolute Gasteiger partial charge is 0.497 e. The number of nitrogens with zero attached hydrogens (tertiary/aromatic N) is 2. The molecular weight excluding hydrogens is 270 g/mol. The second kappa shape index (κ2) is 6.90. The van der Waals surface area contributed by atoms with Crippen LogP contribution in [0.3, 0.4) is 0 Å². The van der Waals surface area contributed by atoms with Crippen molar-refractivity contribution < 1.29 is 14.3 Å². The third-order valence-electron chi connectivity index (χ3n) is 3.15. The van der Waals surface area contributed by atoms with E-state index in [9.17, 15) is 4.79 Å². The number of methoxy groups -OCH3 is 2. The molecule has 2 aromatic rings. The molecule has 6 nitrogen and oxygen atoms in total. The summed E-state index contributed by atoms with van der Waals surface area (Å²) in [5.74, 6) is 1.33. The molecule has 0 aliphatic heterocycles. The van der Waals surface area contributed by atoms with Crippen LogP contribution in [0.25, 0.3) is 0 Å². The van der Waals surface area contributed by atoms with Crippen molar-refractivity contribution in [1.29, 1.82) is 0 Å². The number of benzene rings is 1. The molecule has 0 aliphatic carbocycles. The maximum absolute atomic E-state index is 11.9. The first-order valence-corrected chi connectivity index (χ1v) is 6.55. The number of carbonyl (C=O) groups is 1. The molecule has 1 aromatic heterocycles. The number of aromatic nitrogens is 2. The molecule has 1 N–H and O–H groups in total. The van der Waals surface area contributed by atoms with E-state index in [1.807, 2.05) is 42.1 Å². The fourth-order valence-electron chi connectivity index (χ4n) is 2.08. The van der Waals surface area contributed by atoms with Gasteiger partial charge in [0.1, 0.15) is 24.2 Å². The standard InChI is InChI=1S/C15H19N3O3/c1-18-9-8-16-15(18)14(17-13(19)10-20-2)11-4-6-12(21-3)7-5-11/h4-9,14H,10H2,1-3H3,(H,17,19). The Kier molecular flexibility index (Phi) is 4.94. The molecule has 2 rings (SSSR count). The summed E-state index contributed by atoms with van der Waals surface area (Å²) in [4.78, 5) is 16.2. The highest BCUT2D eigenvalue weighted by atomic mass is 16.5. The molecule has 0 fully saturated rings. The van der Waals surface area contributed by atoms with Gasteiger partial charge in [0, 0.05) is 26.6 Å². The van der Waals surface area contributed by atoms with Crippen LogP contribution in [-0.4, -0.2) is 36.3 Å². The van der Waals surface area contributed by atoms with Gasteiger partial charge in [-0.15, -0.1) is 0 Å². The summed E-state index contributed by atoms with van der Waals surface area (Å²) >= 11 is 0. The summed E-state index contributed by atoms with van der Waals surface area (Å²) in [6, 6.07) is 7.19. The zero-order valence-electron chi connectivity index (χ0n) is 12.4. The quantitative estimate of drug-likeness (QED) is 0.870. The predicted molar refractivity (Wildman–Crippen MR) is 78.1 cm³/mol. The Hall–Kier alpha value is -2.34. The van der Waals surface area contributed by atoms with E-state index in [4.69, 9.17) is 9.47 Å². The molecule has 1 unspecified atom stereocenters. The summed E-state index contributed by atoms with van der Waals surface area (Å²) in [5, 5.41) is 2.93. The van der Waals surface area contributed by atoms with Gasteiger partial charge in [0.05, 0.1) is 7.11 Å². The van der Waals surface area contributed by atoms with Gasteiger partial charge in [-0.05, 0) is 17.7 Å². The van der Waals surface area contributed by atoms with Crippen molar-refractivity contribution in [3.05, 3.63) is 48.0 Å². The van der Waals surface area contributed by atoms with Crippen LogP contribution < -0.4 is 10.1 Å². The van der Waals surface area contributed by atoms with Crippen LogP contribution >= 0.6 is 0 Å². The number of nitrogens with one attached hydrogen (secondary N) is 1. The summed E-state index contributed by atoms with van der Waals surface area (Å²) in [6.07, 6.45) is 3.54. The molecule has 1 heterocycles. The van der Waals surface area contributed by atoms with Crippen LogP contribution in [0.15, 0.2) is 36.7 Å². The van der Waals surface area contributed by atoms with E-state index in [1.165, 1.54) is 7.11 Å². The second-order valence-corrected chi connectivity index (χ2v) is 4.60. The average Bonchev–Trinajstić information content (AvgIpc) is 2.91. The summed E-state index contributed by atoms with van der Waals surface area (Å²) in [7, 11) is 5.00. The maximum Gasteiger partial charge on any atom is 0.246 e. The number of carbonyl (C=O) groups excluding carboxylic acids is 1. The van der Waals surface area contributed by atoms with Gasteiger partial charge in [0.25, 0.3) is 0 Å². The van der Waals surface area contributed by atoms with E-state index < -0.39 is 0 Å². The van der Waals surface area contributed by atoms with Crippen LogP contribution in [-0.2, 0) is 16.6 Å². The number of amides is 1. The topological polar surface area (TPSA) is 65.4 Å². The number of ether oxygens (including phenoxy) is 2.